The zero-order valence-corrected chi connectivity index (χ0v) is 10.1. The number of benzene rings is 1. The highest BCUT2D eigenvalue weighted by Gasteiger charge is 2.20. The molecular weight excluding hydrogens is 201 g/mol. The first-order chi connectivity index (χ1) is 7.65. The molecule has 0 radical (unpaired) electrons. The van der Waals surface area contributed by atoms with Gasteiger partial charge in [0, 0.05) is 12.6 Å². The summed E-state index contributed by atoms with van der Waals surface area (Å²) in [7, 11) is 0. The minimum atomic E-state index is -0.0981. The molecule has 1 fully saturated rings. The van der Waals surface area contributed by atoms with E-state index in [1.807, 2.05) is 12.1 Å². The van der Waals surface area contributed by atoms with E-state index in [4.69, 9.17) is 0 Å². The van der Waals surface area contributed by atoms with Gasteiger partial charge in [0.15, 0.2) is 0 Å². The van der Waals surface area contributed by atoms with E-state index in [1.165, 1.54) is 19.3 Å². The van der Waals surface area contributed by atoms with E-state index in [9.17, 15) is 4.39 Å². The summed E-state index contributed by atoms with van der Waals surface area (Å²) >= 11 is 0. The first-order valence-electron chi connectivity index (χ1n) is 6.13. The highest BCUT2D eigenvalue weighted by molar-refractivity contribution is 5.23. The molecule has 2 unspecified atom stereocenters. The minimum absolute atomic E-state index is 0.0981. The highest BCUT2D eigenvalue weighted by atomic mass is 19.1. The minimum Gasteiger partial charge on any atom is -0.310 e. The van der Waals surface area contributed by atoms with Crippen LogP contribution in [0.5, 0.6) is 0 Å². The van der Waals surface area contributed by atoms with Gasteiger partial charge in [-0.25, -0.2) is 4.39 Å². The van der Waals surface area contributed by atoms with Gasteiger partial charge in [0.1, 0.15) is 5.82 Å². The molecule has 1 nitrogen and oxygen atoms in total. The van der Waals surface area contributed by atoms with Crippen LogP contribution in [0.2, 0.25) is 0 Å². The molecule has 16 heavy (non-hydrogen) atoms. The number of hydrogen-bond donors (Lipinski definition) is 1. The molecule has 0 aromatic heterocycles. The molecule has 1 aromatic carbocycles. The Bertz CT molecular complexity index is 362. The summed E-state index contributed by atoms with van der Waals surface area (Å²) in [5.74, 6) is 0.742. The third-order valence-electron chi connectivity index (χ3n) is 3.53. The standard InChI is InChI=1S/C14H20FN/c1-10-3-6-13(7-10)16-9-12-5-4-11(2)14(15)8-12/h4-5,8,10,13,16H,3,6-7,9H2,1-2H3. The molecule has 1 aromatic rings. The van der Waals surface area contributed by atoms with Crippen LogP contribution in [0, 0.1) is 18.7 Å². The summed E-state index contributed by atoms with van der Waals surface area (Å²) < 4.78 is 13.3. The smallest absolute Gasteiger partial charge is 0.126 e. The third kappa shape index (κ3) is 2.82. The lowest BCUT2D eigenvalue weighted by atomic mass is 10.1. The predicted octanol–water partition coefficient (Wildman–Crippen LogP) is 3.41. The van der Waals surface area contributed by atoms with Gasteiger partial charge in [-0.15, -0.1) is 0 Å². The second-order valence-electron chi connectivity index (χ2n) is 5.08. The fourth-order valence-corrected chi connectivity index (χ4v) is 2.40. The Labute approximate surface area is 97.1 Å². The normalized spacial score (nSPS) is 24.9. The third-order valence-corrected chi connectivity index (χ3v) is 3.53. The Hall–Kier alpha value is -0.890. The Morgan fingerprint density at radius 3 is 2.81 bits per heavy atom. The maximum Gasteiger partial charge on any atom is 0.126 e. The van der Waals surface area contributed by atoms with Crippen LogP contribution >= 0.6 is 0 Å². The van der Waals surface area contributed by atoms with Crippen molar-refractivity contribution in [1.29, 1.82) is 0 Å². The summed E-state index contributed by atoms with van der Waals surface area (Å²) in [5, 5.41) is 3.51. The van der Waals surface area contributed by atoms with E-state index in [0.717, 1.165) is 23.6 Å². The van der Waals surface area contributed by atoms with Gasteiger partial charge in [0.2, 0.25) is 0 Å². The number of halogens is 1. The summed E-state index contributed by atoms with van der Waals surface area (Å²) in [4.78, 5) is 0. The summed E-state index contributed by atoms with van der Waals surface area (Å²) in [5.41, 5.74) is 1.76. The van der Waals surface area contributed by atoms with Crippen LogP contribution in [0.4, 0.5) is 4.39 Å². The average Bonchev–Trinajstić information content (AvgIpc) is 2.66. The molecule has 88 valence electrons. The molecule has 0 heterocycles. The van der Waals surface area contributed by atoms with Crippen LogP contribution < -0.4 is 5.32 Å². The lowest BCUT2D eigenvalue weighted by molar-refractivity contribution is 0.501. The lowest BCUT2D eigenvalue weighted by Crippen LogP contribution is -2.25. The van der Waals surface area contributed by atoms with Crippen LogP contribution in [-0.2, 0) is 6.54 Å². The largest absolute Gasteiger partial charge is 0.310 e. The Morgan fingerprint density at radius 2 is 2.19 bits per heavy atom. The Morgan fingerprint density at radius 1 is 1.38 bits per heavy atom. The zero-order valence-electron chi connectivity index (χ0n) is 10.1. The van der Waals surface area contributed by atoms with E-state index in [1.54, 1.807) is 13.0 Å². The molecule has 0 amide bonds. The van der Waals surface area contributed by atoms with Gasteiger partial charge in [-0.1, -0.05) is 19.1 Å². The lowest BCUT2D eigenvalue weighted by Gasteiger charge is -2.12. The molecule has 0 bridgehead atoms. The van der Waals surface area contributed by atoms with Crippen molar-refractivity contribution < 1.29 is 4.39 Å². The van der Waals surface area contributed by atoms with Crippen molar-refractivity contribution in [3.8, 4) is 0 Å². The fourth-order valence-electron chi connectivity index (χ4n) is 2.40. The van der Waals surface area contributed by atoms with Gasteiger partial charge >= 0.3 is 0 Å². The molecule has 2 heteroatoms. The van der Waals surface area contributed by atoms with Crippen LogP contribution in [0.25, 0.3) is 0 Å². The molecule has 1 aliphatic rings. The summed E-state index contributed by atoms with van der Waals surface area (Å²) in [6, 6.07) is 6.12. The number of rotatable bonds is 3. The van der Waals surface area contributed by atoms with Crippen LogP contribution in [-0.4, -0.2) is 6.04 Å². The fraction of sp³-hybridized carbons (Fsp3) is 0.571. The SMILES string of the molecule is Cc1ccc(CNC2CCC(C)C2)cc1F. The van der Waals surface area contributed by atoms with Crippen molar-refractivity contribution in [1.82, 2.24) is 5.32 Å². The second kappa shape index (κ2) is 4.96. The molecule has 1 saturated carbocycles. The maximum atomic E-state index is 13.3. The predicted molar refractivity (Wildman–Crippen MR) is 64.8 cm³/mol. The molecule has 1 N–H and O–H groups in total. The van der Waals surface area contributed by atoms with E-state index >= 15 is 0 Å². The van der Waals surface area contributed by atoms with Gasteiger partial charge < -0.3 is 5.32 Å². The van der Waals surface area contributed by atoms with Crippen molar-refractivity contribution in [3.63, 3.8) is 0 Å². The number of aryl methyl sites for hydroxylation is 1. The second-order valence-corrected chi connectivity index (χ2v) is 5.08. The molecule has 0 aliphatic heterocycles. The van der Waals surface area contributed by atoms with E-state index in [0.29, 0.717) is 6.04 Å². The molecular formula is C14H20FN. The van der Waals surface area contributed by atoms with Gasteiger partial charge in [-0.3, -0.25) is 0 Å². The van der Waals surface area contributed by atoms with Gasteiger partial charge in [0.25, 0.3) is 0 Å². The van der Waals surface area contributed by atoms with E-state index in [-0.39, 0.29) is 5.82 Å². The Kier molecular flexibility index (Phi) is 3.59. The molecule has 2 rings (SSSR count). The number of hydrogen-bond acceptors (Lipinski definition) is 1. The van der Waals surface area contributed by atoms with Crippen LogP contribution in [0.1, 0.15) is 37.3 Å². The van der Waals surface area contributed by atoms with Crippen molar-refractivity contribution >= 4 is 0 Å². The molecule has 0 saturated heterocycles. The molecule has 2 atom stereocenters. The Balaban J connectivity index is 1.87. The quantitative estimate of drug-likeness (QED) is 0.824. The van der Waals surface area contributed by atoms with Gasteiger partial charge in [-0.05, 0) is 49.3 Å². The van der Waals surface area contributed by atoms with Gasteiger partial charge in [-0.2, -0.15) is 0 Å². The summed E-state index contributed by atoms with van der Waals surface area (Å²) in [6.07, 6.45) is 3.84. The number of nitrogens with one attached hydrogen (secondary N) is 1. The topological polar surface area (TPSA) is 12.0 Å². The van der Waals surface area contributed by atoms with E-state index < -0.39 is 0 Å². The summed E-state index contributed by atoms with van der Waals surface area (Å²) in [6.45, 7) is 4.88. The van der Waals surface area contributed by atoms with Crippen molar-refractivity contribution in [2.24, 2.45) is 5.92 Å². The first kappa shape index (κ1) is 11.6. The molecule has 0 spiro atoms. The van der Waals surface area contributed by atoms with Gasteiger partial charge in [0.05, 0.1) is 0 Å². The average molecular weight is 221 g/mol. The van der Waals surface area contributed by atoms with Crippen molar-refractivity contribution in [3.05, 3.63) is 35.1 Å². The zero-order chi connectivity index (χ0) is 11.5. The molecule has 1 aliphatic carbocycles. The van der Waals surface area contributed by atoms with Crippen molar-refractivity contribution in [2.75, 3.05) is 0 Å². The van der Waals surface area contributed by atoms with Crippen molar-refractivity contribution in [2.45, 2.75) is 45.7 Å². The first-order valence-corrected chi connectivity index (χ1v) is 6.13. The van der Waals surface area contributed by atoms with Crippen LogP contribution in [0.15, 0.2) is 18.2 Å². The van der Waals surface area contributed by atoms with E-state index in [2.05, 4.69) is 12.2 Å². The highest BCUT2D eigenvalue weighted by Crippen LogP contribution is 2.24. The van der Waals surface area contributed by atoms with Crippen LogP contribution in [0.3, 0.4) is 0 Å². The maximum absolute atomic E-state index is 13.3. The monoisotopic (exact) mass is 221 g/mol.